The van der Waals surface area contributed by atoms with Gasteiger partial charge in [-0.3, -0.25) is 0 Å². The summed E-state index contributed by atoms with van der Waals surface area (Å²) in [6.45, 7) is 6.95. The predicted octanol–water partition coefficient (Wildman–Crippen LogP) is 0.442. The van der Waals surface area contributed by atoms with Crippen LogP contribution in [-0.4, -0.2) is 26.3 Å². The summed E-state index contributed by atoms with van der Waals surface area (Å²) < 4.78 is 22.2. The molecule has 0 amide bonds. The minimum absolute atomic E-state index is 0.184. The van der Waals surface area contributed by atoms with Crippen molar-refractivity contribution in [3.8, 4) is 0 Å². The minimum Gasteiger partial charge on any atom is -0.312 e. The lowest BCUT2D eigenvalue weighted by Gasteiger charge is -2.37. The molecule has 14 heavy (non-hydrogen) atoms. The van der Waals surface area contributed by atoms with Gasteiger partial charge in [0, 0.05) is 12.6 Å². The zero-order chi connectivity index (χ0) is 11.0. The van der Waals surface area contributed by atoms with Gasteiger partial charge in [-0.2, -0.15) is 0 Å². The molecule has 0 aliphatic carbocycles. The topological polar surface area (TPSA) is 72.2 Å². The lowest BCUT2D eigenvalue weighted by molar-refractivity contribution is 0.227. The fourth-order valence-corrected chi connectivity index (χ4v) is 2.64. The molecule has 5 heteroatoms. The van der Waals surface area contributed by atoms with Crippen molar-refractivity contribution in [3.63, 3.8) is 0 Å². The first-order valence-electron chi connectivity index (χ1n) is 4.96. The van der Waals surface area contributed by atoms with Crippen molar-refractivity contribution in [2.24, 2.45) is 10.6 Å². The maximum atomic E-state index is 11.1. The first kappa shape index (κ1) is 11.9. The molecule has 1 fully saturated rings. The summed E-state index contributed by atoms with van der Waals surface area (Å²) in [5.41, 5.74) is 0.184. The predicted molar refractivity (Wildman–Crippen MR) is 57.4 cm³/mol. The number of piperidine rings is 1. The highest BCUT2D eigenvalue weighted by Crippen LogP contribution is 2.26. The quantitative estimate of drug-likeness (QED) is 0.673. The summed E-state index contributed by atoms with van der Waals surface area (Å²) in [7, 11) is -3.36. The zero-order valence-electron chi connectivity index (χ0n) is 9.08. The van der Waals surface area contributed by atoms with E-state index in [1.54, 1.807) is 0 Å². The maximum Gasteiger partial charge on any atom is 0.213 e. The highest BCUT2D eigenvalue weighted by molar-refractivity contribution is 7.89. The molecule has 2 unspecified atom stereocenters. The summed E-state index contributed by atoms with van der Waals surface area (Å²) >= 11 is 0. The van der Waals surface area contributed by atoms with Crippen molar-refractivity contribution in [1.82, 2.24) is 5.32 Å². The van der Waals surface area contributed by atoms with Gasteiger partial charge in [-0.1, -0.05) is 20.8 Å². The van der Waals surface area contributed by atoms with Gasteiger partial charge in [0.15, 0.2) is 0 Å². The van der Waals surface area contributed by atoms with Crippen molar-refractivity contribution in [1.29, 1.82) is 0 Å². The number of nitrogens with one attached hydrogen (secondary N) is 1. The Morgan fingerprint density at radius 3 is 2.14 bits per heavy atom. The standard InChI is InChI=1S/C9H20N2O2S/c1-9(2,3)8-5-4-7(6-11-8)14(10,12)13/h7-8,11H,4-6H2,1-3H3,(H2,10,12,13). The van der Waals surface area contributed by atoms with Gasteiger partial charge in [0.2, 0.25) is 10.0 Å². The number of sulfonamides is 1. The number of primary sulfonamides is 1. The number of hydrogen-bond acceptors (Lipinski definition) is 3. The van der Waals surface area contributed by atoms with E-state index in [0.29, 0.717) is 19.0 Å². The largest absolute Gasteiger partial charge is 0.312 e. The lowest BCUT2D eigenvalue weighted by atomic mass is 9.82. The molecule has 1 aliphatic heterocycles. The summed E-state index contributed by atoms with van der Waals surface area (Å²) in [4.78, 5) is 0. The molecule has 0 bridgehead atoms. The summed E-state index contributed by atoms with van der Waals surface area (Å²) in [6.07, 6.45) is 1.55. The van der Waals surface area contributed by atoms with Gasteiger partial charge in [0.05, 0.1) is 5.25 Å². The summed E-state index contributed by atoms with van der Waals surface area (Å²) in [5.74, 6) is 0. The average Bonchev–Trinajstić information content (AvgIpc) is 2.01. The van der Waals surface area contributed by atoms with Crippen LogP contribution in [0.3, 0.4) is 0 Å². The van der Waals surface area contributed by atoms with Crippen LogP contribution in [0.25, 0.3) is 0 Å². The second kappa shape index (κ2) is 3.79. The van der Waals surface area contributed by atoms with Crippen molar-refractivity contribution in [3.05, 3.63) is 0 Å². The van der Waals surface area contributed by atoms with Crippen molar-refractivity contribution in [2.45, 2.75) is 44.9 Å². The molecule has 2 atom stereocenters. The van der Waals surface area contributed by atoms with Gasteiger partial charge in [0.25, 0.3) is 0 Å². The lowest BCUT2D eigenvalue weighted by Crippen LogP contribution is -2.51. The van der Waals surface area contributed by atoms with Gasteiger partial charge in [-0.25, -0.2) is 13.6 Å². The maximum absolute atomic E-state index is 11.1. The summed E-state index contributed by atoms with van der Waals surface area (Å²) in [5, 5.41) is 7.95. The van der Waals surface area contributed by atoms with E-state index in [-0.39, 0.29) is 5.41 Å². The van der Waals surface area contributed by atoms with E-state index in [4.69, 9.17) is 5.14 Å². The molecule has 1 rings (SSSR count). The number of rotatable bonds is 1. The smallest absolute Gasteiger partial charge is 0.213 e. The Morgan fingerprint density at radius 1 is 1.29 bits per heavy atom. The van der Waals surface area contributed by atoms with Crippen LogP contribution in [0.2, 0.25) is 0 Å². The molecular formula is C9H20N2O2S. The van der Waals surface area contributed by atoms with E-state index in [1.807, 2.05) is 0 Å². The van der Waals surface area contributed by atoms with E-state index < -0.39 is 15.3 Å². The molecule has 4 nitrogen and oxygen atoms in total. The first-order valence-corrected chi connectivity index (χ1v) is 6.57. The molecule has 0 aromatic rings. The van der Waals surface area contributed by atoms with Crippen LogP contribution >= 0.6 is 0 Å². The Hall–Kier alpha value is -0.130. The molecule has 1 heterocycles. The van der Waals surface area contributed by atoms with E-state index in [1.165, 1.54) is 0 Å². The molecular weight excluding hydrogens is 200 g/mol. The van der Waals surface area contributed by atoms with Crippen LogP contribution in [0.4, 0.5) is 0 Å². The van der Waals surface area contributed by atoms with Crippen LogP contribution in [-0.2, 0) is 10.0 Å². The van der Waals surface area contributed by atoms with Gasteiger partial charge >= 0.3 is 0 Å². The van der Waals surface area contributed by atoms with Gasteiger partial charge in [-0.15, -0.1) is 0 Å². The van der Waals surface area contributed by atoms with E-state index in [2.05, 4.69) is 26.1 Å². The zero-order valence-corrected chi connectivity index (χ0v) is 9.89. The van der Waals surface area contributed by atoms with Crippen LogP contribution in [0, 0.1) is 5.41 Å². The number of nitrogens with two attached hydrogens (primary N) is 1. The molecule has 84 valence electrons. The first-order chi connectivity index (χ1) is 6.21. The van der Waals surface area contributed by atoms with Gasteiger partial charge in [-0.05, 0) is 18.3 Å². The highest BCUT2D eigenvalue weighted by atomic mass is 32.2. The van der Waals surface area contributed by atoms with Crippen LogP contribution in [0.15, 0.2) is 0 Å². The van der Waals surface area contributed by atoms with Crippen LogP contribution in [0.1, 0.15) is 33.6 Å². The molecule has 3 N–H and O–H groups in total. The monoisotopic (exact) mass is 220 g/mol. The van der Waals surface area contributed by atoms with E-state index in [9.17, 15) is 8.42 Å². The Labute approximate surface area is 86.3 Å². The Kier molecular flexibility index (Phi) is 3.23. The molecule has 0 saturated carbocycles. The van der Waals surface area contributed by atoms with Crippen molar-refractivity contribution in [2.75, 3.05) is 6.54 Å². The fourth-order valence-electron chi connectivity index (χ4n) is 1.85. The third-order valence-corrected chi connectivity index (χ3v) is 4.21. The summed E-state index contributed by atoms with van der Waals surface area (Å²) in [6, 6.07) is 0.389. The molecule has 0 radical (unpaired) electrons. The Balaban J connectivity index is 2.56. The second-order valence-electron chi connectivity index (χ2n) is 5.12. The Morgan fingerprint density at radius 2 is 1.86 bits per heavy atom. The van der Waals surface area contributed by atoms with E-state index in [0.717, 1.165) is 6.42 Å². The second-order valence-corrected chi connectivity index (χ2v) is 6.96. The SMILES string of the molecule is CC(C)(C)C1CCC(S(N)(=O)=O)CN1. The number of hydrogen-bond donors (Lipinski definition) is 2. The fraction of sp³-hybridized carbons (Fsp3) is 1.00. The average molecular weight is 220 g/mol. The van der Waals surface area contributed by atoms with Crippen molar-refractivity contribution >= 4 is 10.0 Å². The molecule has 0 aromatic carbocycles. The normalized spacial score (nSPS) is 30.3. The van der Waals surface area contributed by atoms with Crippen molar-refractivity contribution < 1.29 is 8.42 Å². The van der Waals surface area contributed by atoms with Gasteiger partial charge in [0.1, 0.15) is 0 Å². The Bertz CT molecular complexity index is 284. The van der Waals surface area contributed by atoms with E-state index >= 15 is 0 Å². The third-order valence-electron chi connectivity index (χ3n) is 2.88. The van der Waals surface area contributed by atoms with Gasteiger partial charge < -0.3 is 5.32 Å². The molecule has 1 aliphatic rings. The third kappa shape index (κ3) is 2.93. The highest BCUT2D eigenvalue weighted by Gasteiger charge is 2.33. The molecule has 1 saturated heterocycles. The molecule has 0 spiro atoms. The molecule has 0 aromatic heterocycles. The van der Waals surface area contributed by atoms with Crippen LogP contribution in [0.5, 0.6) is 0 Å². The minimum atomic E-state index is -3.36. The van der Waals surface area contributed by atoms with Crippen LogP contribution < -0.4 is 10.5 Å².